The number of imidazole rings is 1. The Morgan fingerprint density at radius 2 is 1.92 bits per heavy atom. The molecule has 0 aromatic carbocycles. The lowest BCUT2D eigenvalue weighted by Crippen LogP contribution is -2.50. The highest BCUT2D eigenvalue weighted by molar-refractivity contribution is 7.89. The van der Waals surface area contributed by atoms with Crippen molar-refractivity contribution in [3.63, 3.8) is 0 Å². The summed E-state index contributed by atoms with van der Waals surface area (Å²) in [5, 5.41) is 16.5. The zero-order valence-corrected chi connectivity index (χ0v) is 21.0. The molecule has 0 radical (unpaired) electrons. The molecular formula is C21H26F4N8O3S. The molecule has 0 bridgehead atoms. The Balaban J connectivity index is 1.54. The highest BCUT2D eigenvalue weighted by Gasteiger charge is 2.38. The van der Waals surface area contributed by atoms with E-state index in [9.17, 15) is 26.7 Å². The van der Waals surface area contributed by atoms with Crippen LogP contribution in [0.15, 0.2) is 36.0 Å². The fraction of sp³-hybridized carbons (Fsp3) is 0.524. The summed E-state index contributed by atoms with van der Waals surface area (Å²) in [6.07, 6.45) is -0.753. The first-order chi connectivity index (χ1) is 17.1. The maximum atomic E-state index is 15.0. The van der Waals surface area contributed by atoms with Gasteiger partial charge in [-0.2, -0.15) is 22.6 Å². The van der Waals surface area contributed by atoms with Crippen LogP contribution in [-0.2, 0) is 29.8 Å². The van der Waals surface area contributed by atoms with Crippen molar-refractivity contribution in [2.75, 3.05) is 18.4 Å². The molecule has 0 spiro atoms. The van der Waals surface area contributed by atoms with Gasteiger partial charge in [-0.15, -0.1) is 0 Å². The molecule has 3 aromatic heterocycles. The number of nitrogens with one attached hydrogen (secondary N) is 1. The van der Waals surface area contributed by atoms with Crippen LogP contribution in [0, 0.1) is 0 Å². The molecule has 1 aliphatic rings. The van der Waals surface area contributed by atoms with E-state index in [2.05, 4.69) is 25.4 Å². The predicted molar refractivity (Wildman–Crippen MR) is 123 cm³/mol. The SMILES string of the molecule is Cn1cc(S(=O)(=O)N2CC[C@@H](Nc3ncc(C(F)(F)F)c(-c4cn(CC(C)(C)O)cn4)n3)[C@H](F)C2)cn1. The fourth-order valence-electron chi connectivity index (χ4n) is 3.97. The van der Waals surface area contributed by atoms with E-state index in [1.54, 1.807) is 20.9 Å². The van der Waals surface area contributed by atoms with Gasteiger partial charge in [0.2, 0.25) is 16.0 Å². The Morgan fingerprint density at radius 1 is 1.19 bits per heavy atom. The fourth-order valence-corrected chi connectivity index (χ4v) is 5.42. The highest BCUT2D eigenvalue weighted by Crippen LogP contribution is 2.36. The Hall–Kier alpha value is -3.11. The van der Waals surface area contributed by atoms with Crippen molar-refractivity contribution in [3.05, 3.63) is 36.7 Å². The molecule has 1 saturated heterocycles. The average Bonchev–Trinajstić information content (AvgIpc) is 3.42. The summed E-state index contributed by atoms with van der Waals surface area (Å²) in [7, 11) is -2.39. The monoisotopic (exact) mass is 546 g/mol. The summed E-state index contributed by atoms with van der Waals surface area (Å²) in [5.41, 5.74) is -2.86. The van der Waals surface area contributed by atoms with Gasteiger partial charge in [-0.3, -0.25) is 4.68 Å². The number of aromatic nitrogens is 6. The lowest BCUT2D eigenvalue weighted by Gasteiger charge is -2.34. The largest absolute Gasteiger partial charge is 0.420 e. The van der Waals surface area contributed by atoms with Gasteiger partial charge < -0.3 is 15.0 Å². The van der Waals surface area contributed by atoms with Crippen LogP contribution < -0.4 is 5.32 Å². The summed E-state index contributed by atoms with van der Waals surface area (Å²) in [4.78, 5) is 11.6. The van der Waals surface area contributed by atoms with E-state index in [0.29, 0.717) is 6.20 Å². The minimum atomic E-state index is -4.78. The molecule has 4 rings (SSSR count). The van der Waals surface area contributed by atoms with Crippen molar-refractivity contribution in [3.8, 4) is 11.4 Å². The Kier molecular flexibility index (Phi) is 7.02. The number of halogens is 4. The lowest BCUT2D eigenvalue weighted by molar-refractivity contribution is -0.137. The number of hydrogen-bond donors (Lipinski definition) is 2. The van der Waals surface area contributed by atoms with Gasteiger partial charge in [0.25, 0.3) is 0 Å². The van der Waals surface area contributed by atoms with E-state index >= 15 is 4.39 Å². The Bertz CT molecular complexity index is 1370. The van der Waals surface area contributed by atoms with Crippen LogP contribution in [0.4, 0.5) is 23.5 Å². The molecule has 37 heavy (non-hydrogen) atoms. The van der Waals surface area contributed by atoms with E-state index in [1.807, 2.05) is 0 Å². The molecule has 4 heterocycles. The number of piperidine rings is 1. The molecule has 0 unspecified atom stereocenters. The van der Waals surface area contributed by atoms with Crippen LogP contribution in [-0.4, -0.2) is 78.0 Å². The first kappa shape index (κ1) is 26.9. The van der Waals surface area contributed by atoms with Gasteiger partial charge in [-0.25, -0.2) is 27.8 Å². The summed E-state index contributed by atoms with van der Waals surface area (Å²) in [6.45, 7) is 2.69. The van der Waals surface area contributed by atoms with E-state index in [1.165, 1.54) is 34.2 Å². The molecule has 202 valence electrons. The first-order valence-electron chi connectivity index (χ1n) is 11.2. The van der Waals surface area contributed by atoms with Crippen LogP contribution >= 0.6 is 0 Å². The highest BCUT2D eigenvalue weighted by atomic mass is 32.2. The average molecular weight is 547 g/mol. The van der Waals surface area contributed by atoms with Crippen LogP contribution in [0.1, 0.15) is 25.8 Å². The van der Waals surface area contributed by atoms with Gasteiger partial charge in [-0.05, 0) is 20.3 Å². The van der Waals surface area contributed by atoms with Crippen LogP contribution in [0.5, 0.6) is 0 Å². The zero-order valence-electron chi connectivity index (χ0n) is 20.2. The van der Waals surface area contributed by atoms with Gasteiger partial charge in [-0.1, -0.05) is 0 Å². The van der Waals surface area contributed by atoms with Gasteiger partial charge in [0.05, 0.1) is 30.7 Å². The second kappa shape index (κ2) is 9.64. The quantitative estimate of drug-likeness (QED) is 0.431. The first-order valence-corrected chi connectivity index (χ1v) is 12.7. The number of aryl methyl sites for hydroxylation is 1. The van der Waals surface area contributed by atoms with E-state index in [0.717, 1.165) is 4.31 Å². The third-order valence-corrected chi connectivity index (χ3v) is 7.50. The summed E-state index contributed by atoms with van der Waals surface area (Å²) in [5.74, 6) is -0.253. The molecule has 0 amide bonds. The van der Waals surface area contributed by atoms with Crippen LogP contribution in [0.2, 0.25) is 0 Å². The number of nitrogens with zero attached hydrogens (tertiary/aromatic N) is 7. The van der Waals surface area contributed by atoms with Crippen molar-refractivity contribution in [1.82, 2.24) is 33.6 Å². The van der Waals surface area contributed by atoms with E-state index < -0.39 is 51.8 Å². The van der Waals surface area contributed by atoms with Gasteiger partial charge >= 0.3 is 6.18 Å². The molecule has 3 aromatic rings. The maximum Gasteiger partial charge on any atom is 0.420 e. The molecule has 2 atom stereocenters. The zero-order chi connectivity index (χ0) is 27.2. The van der Waals surface area contributed by atoms with Crippen molar-refractivity contribution in [1.29, 1.82) is 0 Å². The minimum Gasteiger partial charge on any atom is -0.389 e. The molecule has 2 N–H and O–H groups in total. The summed E-state index contributed by atoms with van der Waals surface area (Å²) in [6, 6.07) is -0.933. The van der Waals surface area contributed by atoms with Crippen molar-refractivity contribution in [2.24, 2.45) is 7.05 Å². The number of sulfonamides is 1. The molecule has 1 fully saturated rings. The van der Waals surface area contributed by atoms with Gasteiger partial charge in [0, 0.05) is 38.7 Å². The molecule has 0 aliphatic carbocycles. The smallest absolute Gasteiger partial charge is 0.389 e. The topological polar surface area (TPSA) is 131 Å². The molecular weight excluding hydrogens is 520 g/mol. The number of alkyl halides is 4. The molecule has 16 heteroatoms. The summed E-state index contributed by atoms with van der Waals surface area (Å²) >= 11 is 0. The standard InChI is InChI=1S/C21H26F4N8O3S/c1-20(2,34)11-32-10-17(27-12-32)18-14(21(23,24)25)7-26-19(30-18)29-16-4-5-33(9-15(16)22)37(35,36)13-6-28-31(3)8-13/h6-8,10,12,15-16,34H,4-5,9,11H2,1-3H3,(H,26,29,30)/t15-,16-/m1/s1. The Morgan fingerprint density at radius 3 is 2.51 bits per heavy atom. The minimum absolute atomic E-state index is 0.0237. The molecule has 0 saturated carbocycles. The van der Waals surface area contributed by atoms with Crippen molar-refractivity contribution < 1.29 is 31.1 Å². The van der Waals surface area contributed by atoms with Gasteiger partial charge in [0.15, 0.2) is 0 Å². The Labute approximate surface area is 210 Å². The molecule has 11 nitrogen and oxygen atoms in total. The number of aliphatic hydroxyl groups is 1. The van der Waals surface area contributed by atoms with Crippen molar-refractivity contribution in [2.45, 2.75) is 55.7 Å². The predicted octanol–water partition coefficient (Wildman–Crippen LogP) is 2.08. The number of anilines is 1. The maximum absolute atomic E-state index is 15.0. The molecule has 1 aliphatic heterocycles. The lowest BCUT2D eigenvalue weighted by atomic mass is 10.1. The summed E-state index contributed by atoms with van der Waals surface area (Å²) < 4.78 is 85.3. The van der Waals surface area contributed by atoms with E-state index in [-0.39, 0.29) is 36.0 Å². The third-order valence-electron chi connectivity index (χ3n) is 5.68. The van der Waals surface area contributed by atoms with E-state index in [4.69, 9.17) is 0 Å². The normalized spacial score (nSPS) is 19.8. The third kappa shape index (κ3) is 6.07. The number of rotatable bonds is 7. The van der Waals surface area contributed by atoms with Crippen molar-refractivity contribution >= 4 is 16.0 Å². The second-order valence-corrected chi connectivity index (χ2v) is 11.4. The van der Waals surface area contributed by atoms with Crippen LogP contribution in [0.25, 0.3) is 11.4 Å². The van der Waals surface area contributed by atoms with Crippen LogP contribution in [0.3, 0.4) is 0 Å². The van der Waals surface area contributed by atoms with Gasteiger partial charge in [0.1, 0.15) is 28.0 Å². The number of hydrogen-bond acceptors (Lipinski definition) is 8. The second-order valence-electron chi connectivity index (χ2n) is 9.47.